The van der Waals surface area contributed by atoms with E-state index < -0.39 is 24.4 Å². The van der Waals surface area contributed by atoms with Crippen molar-refractivity contribution >= 4 is 11.9 Å². The van der Waals surface area contributed by atoms with Crippen molar-refractivity contribution in [1.82, 2.24) is 40.0 Å². The van der Waals surface area contributed by atoms with Crippen LogP contribution >= 0.6 is 0 Å². The predicted molar refractivity (Wildman–Crippen MR) is 92.0 cm³/mol. The number of alkyl halides is 3. The second-order valence-electron chi connectivity index (χ2n) is 5.90. The van der Waals surface area contributed by atoms with Gasteiger partial charge in [-0.15, -0.1) is 0 Å². The first kappa shape index (κ1) is 21.1. The number of carbonyl (C=O) groups is 1. The Balaban J connectivity index is 1.80. The molecule has 0 aliphatic rings. The number of tetrazole rings is 1. The first-order chi connectivity index (χ1) is 14.2. The number of hydrogen-bond acceptors (Lipinski definition) is 9. The number of nitrogens with zero attached hydrogens (tertiary/aromatic N) is 8. The molecule has 0 spiro atoms. The number of nitrogens with one attached hydrogen (secondary N) is 1. The molecule has 12 nitrogen and oxygen atoms in total. The third-order valence-corrected chi connectivity index (χ3v) is 3.77. The predicted octanol–water partition coefficient (Wildman–Crippen LogP) is 0.730. The van der Waals surface area contributed by atoms with Crippen LogP contribution in [0.15, 0.2) is 12.1 Å². The lowest BCUT2D eigenvalue weighted by Gasteiger charge is -2.12. The Bertz CT molecular complexity index is 1050. The molecule has 0 saturated heterocycles. The van der Waals surface area contributed by atoms with Gasteiger partial charge < -0.3 is 9.47 Å². The van der Waals surface area contributed by atoms with Crippen molar-refractivity contribution in [3.63, 3.8) is 0 Å². The van der Waals surface area contributed by atoms with Crippen LogP contribution in [0.3, 0.4) is 0 Å². The number of aromatic nitrogens is 8. The van der Waals surface area contributed by atoms with Crippen LogP contribution in [0, 0.1) is 0 Å². The SMILES string of the molecule is COc1nc(COCc2nc(C(F)(F)F)ccc2C(=O)Nc2nnnn2C)nn1C. The first-order valence-corrected chi connectivity index (χ1v) is 8.31. The average Bonchev–Trinajstić information content (AvgIpc) is 3.25. The maximum absolute atomic E-state index is 13.1. The fraction of sp³-hybridized carbons (Fsp3) is 0.400. The van der Waals surface area contributed by atoms with Crippen molar-refractivity contribution in [2.45, 2.75) is 19.4 Å². The summed E-state index contributed by atoms with van der Waals surface area (Å²) in [6.45, 7) is -0.534. The maximum Gasteiger partial charge on any atom is 0.433 e. The highest BCUT2D eigenvalue weighted by atomic mass is 19.4. The summed E-state index contributed by atoms with van der Waals surface area (Å²) < 4.78 is 52.1. The van der Waals surface area contributed by atoms with E-state index in [1.165, 1.54) is 23.5 Å². The van der Waals surface area contributed by atoms with Gasteiger partial charge in [0.25, 0.3) is 5.91 Å². The van der Waals surface area contributed by atoms with Crippen LogP contribution in [0.25, 0.3) is 0 Å². The molecule has 0 unspecified atom stereocenters. The van der Waals surface area contributed by atoms with Crippen molar-refractivity contribution in [2.75, 3.05) is 12.4 Å². The largest absolute Gasteiger partial charge is 0.467 e. The Morgan fingerprint density at radius 1 is 1.17 bits per heavy atom. The van der Waals surface area contributed by atoms with Crippen molar-refractivity contribution < 1.29 is 27.4 Å². The van der Waals surface area contributed by atoms with Crippen LogP contribution in [0.2, 0.25) is 0 Å². The molecule has 160 valence electrons. The van der Waals surface area contributed by atoms with Gasteiger partial charge in [0.15, 0.2) is 5.82 Å². The number of carbonyl (C=O) groups excluding carboxylic acids is 1. The standard InChI is InChI=1S/C15H16F3N9O3/c1-26-13(22-24-25-26)21-12(28)8-4-5-10(15(16,17)18)19-9(8)6-30-7-11-20-14(29-3)27(2)23-11/h4-5H,6-7H2,1-3H3,(H,21,22,25,28). The lowest BCUT2D eigenvalue weighted by atomic mass is 10.1. The Kier molecular flexibility index (Phi) is 5.91. The highest BCUT2D eigenvalue weighted by Gasteiger charge is 2.33. The Hall–Kier alpha value is -3.62. The topological polar surface area (TPSA) is 135 Å². The van der Waals surface area contributed by atoms with Crippen LogP contribution in [-0.4, -0.2) is 53.0 Å². The molecule has 0 fully saturated rings. The highest BCUT2D eigenvalue weighted by Crippen LogP contribution is 2.28. The molecule has 15 heteroatoms. The van der Waals surface area contributed by atoms with E-state index in [-0.39, 0.29) is 35.6 Å². The van der Waals surface area contributed by atoms with Gasteiger partial charge in [0.05, 0.1) is 25.0 Å². The maximum atomic E-state index is 13.1. The normalized spacial score (nSPS) is 11.5. The van der Waals surface area contributed by atoms with E-state index in [0.29, 0.717) is 6.07 Å². The molecule has 0 atom stereocenters. The molecular formula is C15H16F3N9O3. The van der Waals surface area contributed by atoms with E-state index in [1.807, 2.05) is 0 Å². The molecule has 1 amide bonds. The summed E-state index contributed by atoms with van der Waals surface area (Å²) in [5.74, 6) is -0.487. The zero-order valence-electron chi connectivity index (χ0n) is 16.0. The lowest BCUT2D eigenvalue weighted by Crippen LogP contribution is -2.20. The van der Waals surface area contributed by atoms with Crippen LogP contribution in [0.4, 0.5) is 19.1 Å². The smallest absolute Gasteiger partial charge is 0.433 e. The fourth-order valence-electron chi connectivity index (χ4n) is 2.38. The minimum atomic E-state index is -4.69. The quantitative estimate of drug-likeness (QED) is 0.579. The molecule has 30 heavy (non-hydrogen) atoms. The summed E-state index contributed by atoms with van der Waals surface area (Å²) in [6, 6.07) is 1.96. The van der Waals surface area contributed by atoms with Gasteiger partial charge in [-0.2, -0.15) is 23.3 Å². The van der Waals surface area contributed by atoms with Crippen molar-refractivity contribution in [2.24, 2.45) is 14.1 Å². The first-order valence-electron chi connectivity index (χ1n) is 8.31. The van der Waals surface area contributed by atoms with Gasteiger partial charge in [-0.25, -0.2) is 14.3 Å². The average molecular weight is 427 g/mol. The van der Waals surface area contributed by atoms with E-state index in [9.17, 15) is 18.0 Å². The Morgan fingerprint density at radius 2 is 1.93 bits per heavy atom. The van der Waals surface area contributed by atoms with Gasteiger partial charge in [-0.05, 0) is 22.6 Å². The van der Waals surface area contributed by atoms with Crippen LogP contribution in [-0.2, 0) is 38.2 Å². The van der Waals surface area contributed by atoms with Crippen LogP contribution in [0.1, 0.15) is 27.6 Å². The number of halogens is 3. The fourth-order valence-corrected chi connectivity index (χ4v) is 2.38. The summed E-state index contributed by atoms with van der Waals surface area (Å²) >= 11 is 0. The molecule has 3 aromatic heterocycles. The summed E-state index contributed by atoms with van der Waals surface area (Å²) in [7, 11) is 4.50. The minimum absolute atomic E-state index is 0.0107. The molecule has 3 rings (SSSR count). The number of pyridine rings is 1. The number of hydrogen-bond donors (Lipinski definition) is 1. The molecule has 3 heterocycles. The second kappa shape index (κ2) is 8.40. The number of ether oxygens (including phenoxy) is 2. The number of amides is 1. The molecule has 0 aliphatic carbocycles. The molecule has 0 radical (unpaired) electrons. The molecule has 0 aliphatic heterocycles. The number of anilines is 1. The zero-order valence-corrected chi connectivity index (χ0v) is 16.0. The van der Waals surface area contributed by atoms with Gasteiger partial charge >= 0.3 is 12.2 Å². The number of rotatable bonds is 7. The van der Waals surface area contributed by atoms with E-state index in [4.69, 9.17) is 9.47 Å². The molecular weight excluding hydrogens is 411 g/mol. The molecule has 1 N–H and O–H groups in total. The van der Waals surface area contributed by atoms with Gasteiger partial charge in [0, 0.05) is 14.1 Å². The van der Waals surface area contributed by atoms with Crippen molar-refractivity contribution in [1.29, 1.82) is 0 Å². The van der Waals surface area contributed by atoms with Gasteiger partial charge in [-0.1, -0.05) is 5.10 Å². The van der Waals surface area contributed by atoms with E-state index in [1.54, 1.807) is 7.05 Å². The van der Waals surface area contributed by atoms with Crippen molar-refractivity contribution in [3.8, 4) is 6.01 Å². The van der Waals surface area contributed by atoms with E-state index in [2.05, 4.69) is 35.9 Å². The summed E-state index contributed by atoms with van der Waals surface area (Å²) in [5, 5.41) is 17.0. The summed E-state index contributed by atoms with van der Waals surface area (Å²) in [4.78, 5) is 20.1. The number of methoxy groups -OCH3 is 1. The lowest BCUT2D eigenvalue weighted by molar-refractivity contribution is -0.141. The second-order valence-corrected chi connectivity index (χ2v) is 5.90. The molecule has 0 saturated carbocycles. The zero-order chi connectivity index (χ0) is 21.9. The monoisotopic (exact) mass is 427 g/mol. The number of aryl methyl sites for hydroxylation is 2. The van der Waals surface area contributed by atoms with Crippen molar-refractivity contribution in [3.05, 3.63) is 34.9 Å². The van der Waals surface area contributed by atoms with E-state index in [0.717, 1.165) is 6.07 Å². The Labute approximate surface area is 167 Å². The molecule has 3 aromatic rings. The molecule has 0 bridgehead atoms. The van der Waals surface area contributed by atoms with Gasteiger partial charge in [0.1, 0.15) is 12.3 Å². The van der Waals surface area contributed by atoms with Gasteiger partial charge in [0.2, 0.25) is 5.95 Å². The molecule has 0 aromatic carbocycles. The van der Waals surface area contributed by atoms with Crippen LogP contribution in [0.5, 0.6) is 6.01 Å². The highest BCUT2D eigenvalue weighted by molar-refractivity contribution is 6.04. The van der Waals surface area contributed by atoms with Crippen LogP contribution < -0.4 is 10.1 Å². The third-order valence-electron chi connectivity index (χ3n) is 3.77. The minimum Gasteiger partial charge on any atom is -0.467 e. The Morgan fingerprint density at radius 3 is 2.53 bits per heavy atom. The summed E-state index contributed by atoms with van der Waals surface area (Å²) in [6.07, 6.45) is -4.69. The van der Waals surface area contributed by atoms with E-state index >= 15 is 0 Å². The summed E-state index contributed by atoms with van der Waals surface area (Å²) in [5.41, 5.74) is -1.51. The van der Waals surface area contributed by atoms with Gasteiger partial charge in [-0.3, -0.25) is 10.1 Å². The third kappa shape index (κ3) is 4.68.